The fraction of sp³-hybridized carbons (Fsp3) is 0.138. The van der Waals surface area contributed by atoms with Crippen LogP contribution >= 0.6 is 11.6 Å². The van der Waals surface area contributed by atoms with Crippen LogP contribution in [-0.2, 0) is 9.59 Å². The second kappa shape index (κ2) is 16.9. The summed E-state index contributed by atoms with van der Waals surface area (Å²) in [6, 6.07) is 12.1. The number of rotatable bonds is 12. The van der Waals surface area contributed by atoms with E-state index in [1.165, 1.54) is 18.5 Å². The number of nitrogens with zero attached hydrogens (tertiary/aromatic N) is 1. The topological polar surface area (TPSA) is 189 Å². The van der Waals surface area contributed by atoms with Crippen molar-refractivity contribution in [3.8, 4) is 11.5 Å². The first-order chi connectivity index (χ1) is 21.3. The summed E-state index contributed by atoms with van der Waals surface area (Å²) in [5, 5.41) is 18.0. The van der Waals surface area contributed by atoms with Crippen molar-refractivity contribution >= 4 is 40.9 Å². The number of nitrogen functional groups attached to an aromatic ring is 1. The van der Waals surface area contributed by atoms with Crippen molar-refractivity contribution in [2.24, 2.45) is 5.73 Å². The van der Waals surface area contributed by atoms with Crippen molar-refractivity contribution in [1.82, 2.24) is 15.8 Å². The maximum Gasteiger partial charge on any atom is 0.490 e. The van der Waals surface area contributed by atoms with Crippen molar-refractivity contribution in [2.45, 2.75) is 12.2 Å². The second-order valence-electron chi connectivity index (χ2n) is 8.58. The van der Waals surface area contributed by atoms with Crippen LogP contribution in [0.5, 0.6) is 11.5 Å². The number of hydrogen-bond acceptors (Lipinski definition) is 8. The first-order valence-corrected chi connectivity index (χ1v) is 13.0. The van der Waals surface area contributed by atoms with Crippen molar-refractivity contribution in [3.63, 3.8) is 0 Å². The quantitative estimate of drug-likeness (QED) is 0.0716. The van der Waals surface area contributed by atoms with Gasteiger partial charge in [0.1, 0.15) is 25.1 Å². The molecule has 1 unspecified atom stereocenters. The molecule has 45 heavy (non-hydrogen) atoms. The lowest BCUT2D eigenvalue weighted by Gasteiger charge is -2.22. The summed E-state index contributed by atoms with van der Waals surface area (Å²) in [5.74, 6) is -3.17. The molecule has 0 saturated heterocycles. The normalized spacial score (nSPS) is 11.0. The fourth-order valence-corrected chi connectivity index (χ4v) is 3.47. The molecule has 7 N–H and O–H groups in total. The molecule has 1 heterocycles. The molecule has 0 aliphatic carbocycles. The summed E-state index contributed by atoms with van der Waals surface area (Å²) >= 11 is 6.03. The van der Waals surface area contributed by atoms with Gasteiger partial charge in [-0.2, -0.15) is 13.2 Å². The molecule has 2 aromatic carbocycles. The lowest BCUT2D eigenvalue weighted by atomic mass is 10.0. The summed E-state index contributed by atoms with van der Waals surface area (Å²) in [6.07, 6.45) is 0.848. The van der Waals surface area contributed by atoms with Gasteiger partial charge in [-0.15, -0.1) is 0 Å². The highest BCUT2D eigenvalue weighted by atomic mass is 35.5. The van der Waals surface area contributed by atoms with Gasteiger partial charge in [-0.25, -0.2) is 4.79 Å². The van der Waals surface area contributed by atoms with Gasteiger partial charge in [-0.3, -0.25) is 30.8 Å². The smallest absolute Gasteiger partial charge is 0.486 e. The molecule has 0 aliphatic heterocycles. The standard InChI is InChI=1S/C27H27ClN6O4.C2HF3O2/c1-3-13-37-22-10-7-18(15-23(22)38-14-4-2)24(32-19-8-5-17(6-9-19)25(29)30)27(36)34-33-26(35)20-11-12-31-16-21(20)28;3-2(4,5)1(6)7/h3-12,15-16,24,32H,1-2,13-14H2,(H3,29,30)(H,33,35)(H,34,36);(H,6,7). The molecular weight excluding hydrogens is 621 g/mol. The third kappa shape index (κ3) is 11.2. The molecule has 2 amide bonds. The molecule has 1 aromatic heterocycles. The number of benzene rings is 2. The van der Waals surface area contributed by atoms with Crippen LogP contribution in [0, 0.1) is 5.41 Å². The number of carboxylic acids is 1. The zero-order chi connectivity index (χ0) is 33.6. The molecule has 0 fully saturated rings. The maximum absolute atomic E-state index is 13.3. The molecule has 0 radical (unpaired) electrons. The van der Waals surface area contributed by atoms with Crippen LogP contribution in [0.15, 0.2) is 86.2 Å². The molecule has 0 bridgehead atoms. The zero-order valence-electron chi connectivity index (χ0n) is 23.4. The molecule has 0 aliphatic rings. The molecule has 3 rings (SSSR count). The number of nitrogens with one attached hydrogen (secondary N) is 4. The summed E-state index contributed by atoms with van der Waals surface area (Å²) in [6.45, 7) is 7.79. The third-order valence-corrected chi connectivity index (χ3v) is 5.64. The zero-order valence-corrected chi connectivity index (χ0v) is 24.1. The number of anilines is 1. The Bertz CT molecular complexity index is 1540. The van der Waals surface area contributed by atoms with Gasteiger partial charge in [0.2, 0.25) is 0 Å². The summed E-state index contributed by atoms with van der Waals surface area (Å²) in [5.41, 5.74) is 12.1. The number of hydrogen-bond donors (Lipinski definition) is 6. The Morgan fingerprint density at radius 2 is 1.62 bits per heavy atom. The fourth-order valence-electron chi connectivity index (χ4n) is 3.26. The van der Waals surface area contributed by atoms with Crippen molar-refractivity contribution in [2.75, 3.05) is 18.5 Å². The van der Waals surface area contributed by atoms with Gasteiger partial charge in [0.25, 0.3) is 11.8 Å². The Morgan fingerprint density at radius 1 is 1.02 bits per heavy atom. The van der Waals surface area contributed by atoms with Crippen LogP contribution in [0.25, 0.3) is 0 Å². The highest BCUT2D eigenvalue weighted by Crippen LogP contribution is 2.32. The summed E-state index contributed by atoms with van der Waals surface area (Å²) in [4.78, 5) is 38.6. The minimum atomic E-state index is -5.08. The first-order valence-electron chi connectivity index (χ1n) is 12.6. The highest BCUT2D eigenvalue weighted by molar-refractivity contribution is 6.33. The number of alkyl halides is 3. The van der Waals surface area contributed by atoms with Crippen LogP contribution < -0.4 is 31.4 Å². The van der Waals surface area contributed by atoms with Gasteiger partial charge in [0.15, 0.2) is 11.5 Å². The van der Waals surface area contributed by atoms with Gasteiger partial charge < -0.3 is 25.6 Å². The molecular formula is C29H28ClF3N6O6. The van der Waals surface area contributed by atoms with E-state index in [-0.39, 0.29) is 29.6 Å². The summed E-state index contributed by atoms with van der Waals surface area (Å²) < 4.78 is 43.2. The Labute approximate surface area is 260 Å². The van der Waals surface area contributed by atoms with E-state index >= 15 is 0 Å². The molecule has 12 nitrogen and oxygen atoms in total. The number of pyridine rings is 1. The molecule has 1 atom stereocenters. The van der Waals surface area contributed by atoms with Crippen LogP contribution in [0.2, 0.25) is 5.02 Å². The van der Waals surface area contributed by atoms with E-state index in [0.29, 0.717) is 28.3 Å². The number of carbonyl (C=O) groups is 3. The Kier molecular flexibility index (Phi) is 13.4. The highest BCUT2D eigenvalue weighted by Gasteiger charge is 2.38. The molecule has 238 valence electrons. The predicted molar refractivity (Wildman–Crippen MR) is 160 cm³/mol. The lowest BCUT2D eigenvalue weighted by molar-refractivity contribution is -0.192. The number of halogens is 4. The van der Waals surface area contributed by atoms with Gasteiger partial charge in [0, 0.05) is 23.6 Å². The van der Waals surface area contributed by atoms with Gasteiger partial charge in [0.05, 0.1) is 10.6 Å². The number of aromatic nitrogens is 1. The SMILES string of the molecule is C=CCOc1ccc(C(Nc2ccc(C(=N)N)cc2)C(=O)NNC(=O)c2ccncc2Cl)cc1OCC=C.O=C(O)C(F)(F)F. The maximum atomic E-state index is 13.3. The van der Waals surface area contributed by atoms with E-state index in [1.54, 1.807) is 54.6 Å². The van der Waals surface area contributed by atoms with Gasteiger partial charge in [-0.1, -0.05) is 43.0 Å². The summed E-state index contributed by atoms with van der Waals surface area (Å²) in [7, 11) is 0. The molecule has 16 heteroatoms. The minimum absolute atomic E-state index is 0.0811. The average Bonchev–Trinajstić information content (AvgIpc) is 3.00. The van der Waals surface area contributed by atoms with Crippen LogP contribution in [0.4, 0.5) is 18.9 Å². The van der Waals surface area contributed by atoms with E-state index < -0.39 is 30.0 Å². The third-order valence-electron chi connectivity index (χ3n) is 5.34. The number of carbonyl (C=O) groups excluding carboxylic acids is 2. The molecule has 3 aromatic rings. The lowest BCUT2D eigenvalue weighted by Crippen LogP contribution is -2.45. The van der Waals surface area contributed by atoms with Crippen molar-refractivity contribution < 1.29 is 42.1 Å². The number of ether oxygens (including phenoxy) is 2. The van der Waals surface area contributed by atoms with E-state index in [9.17, 15) is 22.8 Å². The van der Waals surface area contributed by atoms with Crippen LogP contribution in [-0.4, -0.2) is 53.1 Å². The van der Waals surface area contributed by atoms with Crippen molar-refractivity contribution in [3.05, 3.63) is 108 Å². The number of carboxylic acid groups (broad SMARTS) is 1. The molecule has 0 spiro atoms. The number of aliphatic carboxylic acids is 1. The number of amidine groups is 1. The van der Waals surface area contributed by atoms with Crippen molar-refractivity contribution in [1.29, 1.82) is 5.41 Å². The average molecular weight is 649 g/mol. The van der Waals surface area contributed by atoms with E-state index in [1.807, 2.05) is 0 Å². The number of hydrazine groups is 1. The minimum Gasteiger partial charge on any atom is -0.486 e. The van der Waals surface area contributed by atoms with Gasteiger partial charge in [-0.05, 0) is 48.0 Å². The number of nitrogens with two attached hydrogens (primary N) is 1. The van der Waals surface area contributed by atoms with E-state index in [0.717, 1.165) is 0 Å². The second-order valence-corrected chi connectivity index (χ2v) is 8.98. The van der Waals surface area contributed by atoms with Crippen LogP contribution in [0.3, 0.4) is 0 Å². The first kappa shape index (κ1) is 35.6. The van der Waals surface area contributed by atoms with Gasteiger partial charge >= 0.3 is 12.1 Å². The Hall–Kier alpha value is -5.57. The largest absolute Gasteiger partial charge is 0.490 e. The predicted octanol–water partition coefficient (Wildman–Crippen LogP) is 4.40. The van der Waals surface area contributed by atoms with E-state index in [4.69, 9.17) is 42.1 Å². The Balaban J connectivity index is 0.000000900. The van der Waals surface area contributed by atoms with Crippen LogP contribution in [0.1, 0.15) is 27.5 Å². The Morgan fingerprint density at radius 3 is 2.16 bits per heavy atom. The number of amides is 2. The van der Waals surface area contributed by atoms with E-state index in [2.05, 4.69) is 34.3 Å². The molecule has 0 saturated carbocycles. The monoisotopic (exact) mass is 648 g/mol.